The van der Waals surface area contributed by atoms with Crippen molar-refractivity contribution in [2.24, 2.45) is 5.92 Å². The number of aliphatic carboxylic acids is 1. The lowest BCUT2D eigenvalue weighted by molar-refractivity contribution is -0.137. The van der Waals surface area contributed by atoms with Crippen LogP contribution in [0.25, 0.3) is 0 Å². The zero-order valence-corrected chi connectivity index (χ0v) is 12.8. The molecule has 0 saturated heterocycles. The number of hydrogen-bond donors (Lipinski definition) is 2. The maximum Gasteiger partial charge on any atom is 0.303 e. The number of benzene rings is 1. The first-order valence-corrected chi connectivity index (χ1v) is 7.83. The highest BCUT2D eigenvalue weighted by molar-refractivity contribution is 8.00. The van der Waals surface area contributed by atoms with Gasteiger partial charge in [-0.1, -0.05) is 19.1 Å². The molecule has 0 saturated carbocycles. The van der Waals surface area contributed by atoms with Gasteiger partial charge in [0.2, 0.25) is 5.91 Å². The van der Waals surface area contributed by atoms with Crippen LogP contribution in [0.5, 0.6) is 0 Å². The number of carboxylic acid groups (broad SMARTS) is 1. The summed E-state index contributed by atoms with van der Waals surface area (Å²) in [6.45, 7) is 2.47. The summed E-state index contributed by atoms with van der Waals surface area (Å²) < 4.78 is 13.3. The van der Waals surface area contributed by atoms with Gasteiger partial charge >= 0.3 is 5.97 Å². The average molecular weight is 313 g/mol. The largest absolute Gasteiger partial charge is 0.481 e. The van der Waals surface area contributed by atoms with E-state index in [9.17, 15) is 14.0 Å². The highest BCUT2D eigenvalue weighted by Crippen LogP contribution is 2.20. The minimum Gasteiger partial charge on any atom is -0.481 e. The second-order valence-corrected chi connectivity index (χ2v) is 5.91. The first-order valence-electron chi connectivity index (χ1n) is 6.85. The predicted octanol–water partition coefficient (Wildman–Crippen LogP) is 2.93. The standard InChI is InChI=1S/C15H20FNO3S/c1-11(6-7-15(19)20)8-9-17-14(18)10-21-13-5-3-2-4-12(13)16/h2-5,11H,6-10H2,1H3,(H,17,18)(H,19,20). The molecule has 1 amide bonds. The maximum absolute atomic E-state index is 13.3. The summed E-state index contributed by atoms with van der Waals surface area (Å²) in [6.07, 6.45) is 1.50. The van der Waals surface area contributed by atoms with Crippen LogP contribution < -0.4 is 5.32 Å². The predicted molar refractivity (Wildman–Crippen MR) is 80.8 cm³/mol. The maximum atomic E-state index is 13.3. The van der Waals surface area contributed by atoms with Crippen LogP contribution in [0.2, 0.25) is 0 Å². The van der Waals surface area contributed by atoms with E-state index in [0.29, 0.717) is 17.9 Å². The van der Waals surface area contributed by atoms with Gasteiger partial charge in [-0.2, -0.15) is 0 Å². The van der Waals surface area contributed by atoms with E-state index in [1.165, 1.54) is 6.07 Å². The quantitative estimate of drug-likeness (QED) is 0.688. The molecule has 4 nitrogen and oxygen atoms in total. The fourth-order valence-corrected chi connectivity index (χ4v) is 2.50. The first kappa shape index (κ1) is 17.5. The molecule has 0 aliphatic rings. The Labute approximate surface area is 128 Å². The molecule has 6 heteroatoms. The van der Waals surface area contributed by atoms with E-state index >= 15 is 0 Å². The van der Waals surface area contributed by atoms with Crippen LogP contribution in [0, 0.1) is 11.7 Å². The van der Waals surface area contributed by atoms with Gasteiger partial charge < -0.3 is 10.4 Å². The molecule has 116 valence electrons. The third kappa shape index (κ3) is 7.70. The number of halogens is 1. The molecule has 0 fully saturated rings. The van der Waals surface area contributed by atoms with E-state index < -0.39 is 5.97 Å². The van der Waals surface area contributed by atoms with Gasteiger partial charge in [0, 0.05) is 17.9 Å². The normalized spacial score (nSPS) is 11.9. The van der Waals surface area contributed by atoms with Crippen molar-refractivity contribution < 1.29 is 19.1 Å². The molecular formula is C15H20FNO3S. The zero-order chi connectivity index (χ0) is 15.7. The Kier molecular flexibility index (Phi) is 7.82. The van der Waals surface area contributed by atoms with Gasteiger partial charge in [0.1, 0.15) is 5.82 Å². The van der Waals surface area contributed by atoms with Gasteiger partial charge in [0.05, 0.1) is 5.75 Å². The second kappa shape index (κ2) is 9.39. The Bertz CT molecular complexity index is 482. The number of nitrogens with one attached hydrogen (secondary N) is 1. The molecule has 0 spiro atoms. The van der Waals surface area contributed by atoms with Crippen molar-refractivity contribution in [3.8, 4) is 0 Å². The molecule has 1 aromatic carbocycles. The van der Waals surface area contributed by atoms with Gasteiger partial charge in [0.25, 0.3) is 0 Å². The van der Waals surface area contributed by atoms with Crippen LogP contribution in [-0.4, -0.2) is 29.3 Å². The van der Waals surface area contributed by atoms with Crippen molar-refractivity contribution in [3.05, 3.63) is 30.1 Å². The summed E-state index contributed by atoms with van der Waals surface area (Å²) in [5, 5.41) is 11.3. The zero-order valence-electron chi connectivity index (χ0n) is 12.0. The smallest absolute Gasteiger partial charge is 0.303 e. The number of carboxylic acids is 1. The van der Waals surface area contributed by atoms with Crippen molar-refractivity contribution in [1.82, 2.24) is 5.32 Å². The van der Waals surface area contributed by atoms with Crippen molar-refractivity contribution in [2.75, 3.05) is 12.3 Å². The Morgan fingerprint density at radius 1 is 1.33 bits per heavy atom. The molecule has 2 N–H and O–H groups in total. The molecule has 0 heterocycles. The van der Waals surface area contributed by atoms with E-state index in [4.69, 9.17) is 5.11 Å². The number of carbonyl (C=O) groups is 2. The number of rotatable bonds is 9. The second-order valence-electron chi connectivity index (χ2n) is 4.90. The first-order chi connectivity index (χ1) is 9.99. The number of carbonyl (C=O) groups excluding carboxylic acids is 1. The summed E-state index contributed by atoms with van der Waals surface area (Å²) in [4.78, 5) is 22.5. The van der Waals surface area contributed by atoms with Crippen molar-refractivity contribution >= 4 is 23.6 Å². The molecular weight excluding hydrogens is 293 g/mol. The summed E-state index contributed by atoms with van der Waals surface area (Å²) in [6, 6.07) is 6.34. The summed E-state index contributed by atoms with van der Waals surface area (Å²) in [7, 11) is 0. The van der Waals surface area contributed by atoms with Crippen molar-refractivity contribution in [3.63, 3.8) is 0 Å². The Morgan fingerprint density at radius 3 is 2.71 bits per heavy atom. The van der Waals surface area contributed by atoms with Crippen LogP contribution in [0.3, 0.4) is 0 Å². The van der Waals surface area contributed by atoms with Crippen molar-refractivity contribution in [2.45, 2.75) is 31.1 Å². The highest BCUT2D eigenvalue weighted by atomic mass is 32.2. The number of amides is 1. The lowest BCUT2D eigenvalue weighted by atomic mass is 10.0. The van der Waals surface area contributed by atoms with Gasteiger partial charge in [-0.05, 0) is 30.9 Å². The Hall–Kier alpha value is -1.56. The highest BCUT2D eigenvalue weighted by Gasteiger charge is 2.08. The SMILES string of the molecule is CC(CCNC(=O)CSc1ccccc1F)CCC(=O)O. The fourth-order valence-electron chi connectivity index (χ4n) is 1.73. The van der Waals surface area contributed by atoms with Crippen LogP contribution in [-0.2, 0) is 9.59 Å². The third-order valence-corrected chi connectivity index (χ3v) is 4.05. The fraction of sp³-hybridized carbons (Fsp3) is 0.467. The monoisotopic (exact) mass is 313 g/mol. The average Bonchev–Trinajstić information content (AvgIpc) is 2.44. The van der Waals surface area contributed by atoms with E-state index in [1.807, 2.05) is 6.92 Å². The topological polar surface area (TPSA) is 66.4 Å². The van der Waals surface area contributed by atoms with E-state index in [0.717, 1.165) is 18.2 Å². The molecule has 1 atom stereocenters. The minimum absolute atomic E-state index is 0.145. The minimum atomic E-state index is -0.799. The lowest BCUT2D eigenvalue weighted by Crippen LogP contribution is -2.27. The Morgan fingerprint density at radius 2 is 2.05 bits per heavy atom. The Balaban J connectivity index is 2.17. The number of thioether (sulfide) groups is 1. The third-order valence-electron chi connectivity index (χ3n) is 3.01. The van der Waals surface area contributed by atoms with Gasteiger partial charge in [0.15, 0.2) is 0 Å². The van der Waals surface area contributed by atoms with Crippen LogP contribution in [0.4, 0.5) is 4.39 Å². The van der Waals surface area contributed by atoms with E-state index in [2.05, 4.69) is 5.32 Å². The van der Waals surface area contributed by atoms with Gasteiger partial charge in [-0.15, -0.1) is 11.8 Å². The molecule has 0 bridgehead atoms. The van der Waals surface area contributed by atoms with Crippen LogP contribution in [0.1, 0.15) is 26.2 Å². The van der Waals surface area contributed by atoms with Gasteiger partial charge in [-0.25, -0.2) is 4.39 Å². The van der Waals surface area contributed by atoms with Crippen LogP contribution in [0.15, 0.2) is 29.2 Å². The molecule has 1 rings (SSSR count). The molecule has 0 aromatic heterocycles. The summed E-state index contributed by atoms with van der Waals surface area (Å²) >= 11 is 1.16. The summed E-state index contributed by atoms with van der Waals surface area (Å²) in [5.74, 6) is -0.844. The molecule has 0 aliphatic heterocycles. The number of hydrogen-bond acceptors (Lipinski definition) is 3. The van der Waals surface area contributed by atoms with Gasteiger partial charge in [-0.3, -0.25) is 9.59 Å². The van der Waals surface area contributed by atoms with E-state index in [-0.39, 0.29) is 29.8 Å². The van der Waals surface area contributed by atoms with E-state index in [1.54, 1.807) is 18.2 Å². The summed E-state index contributed by atoms with van der Waals surface area (Å²) in [5.41, 5.74) is 0. The molecule has 0 radical (unpaired) electrons. The van der Waals surface area contributed by atoms with Crippen molar-refractivity contribution in [1.29, 1.82) is 0 Å². The van der Waals surface area contributed by atoms with Crippen LogP contribution >= 0.6 is 11.8 Å². The molecule has 21 heavy (non-hydrogen) atoms. The molecule has 1 aromatic rings. The lowest BCUT2D eigenvalue weighted by Gasteiger charge is -2.10. The molecule has 1 unspecified atom stereocenters. The molecule has 0 aliphatic carbocycles.